The minimum atomic E-state index is -3.72. The molecule has 0 bridgehead atoms. The first kappa shape index (κ1) is 24.6. The fourth-order valence-electron chi connectivity index (χ4n) is 4.70. The molecule has 2 fully saturated rings. The van der Waals surface area contributed by atoms with E-state index in [1.165, 1.54) is 31.5 Å². The van der Waals surface area contributed by atoms with Crippen LogP contribution in [0.5, 0.6) is 0 Å². The number of amides is 2. The van der Waals surface area contributed by atoms with Gasteiger partial charge in [0.15, 0.2) is 0 Å². The van der Waals surface area contributed by atoms with E-state index in [0.29, 0.717) is 6.42 Å². The summed E-state index contributed by atoms with van der Waals surface area (Å²) in [4.78, 5) is 28.0. The Morgan fingerprint density at radius 3 is 2.41 bits per heavy atom. The lowest BCUT2D eigenvalue weighted by molar-refractivity contribution is -0.133. The number of halogens is 1. The Hall–Kier alpha value is -2.00. The van der Waals surface area contributed by atoms with Crippen LogP contribution in [0.15, 0.2) is 24.3 Å². The summed E-state index contributed by atoms with van der Waals surface area (Å²) in [5, 5.41) is 3.06. The molecule has 1 aromatic carbocycles. The molecule has 1 saturated carbocycles. The van der Waals surface area contributed by atoms with Gasteiger partial charge in [0.1, 0.15) is 11.4 Å². The molecule has 1 saturated heterocycles. The highest BCUT2D eigenvalue weighted by molar-refractivity contribution is 7.89. The standard InChI is InChI=1S/C23H34FN3O4S/c1-3-15-32(30,31)26-16-21(28)27(20-14-10-9-13-19(20)24)23(2,17-26)22(29)25-18-11-7-5-4-6-8-12-18/h9-10,13-14,18H,3-8,11-12,15-17H2,1-2H3,(H,25,29). The van der Waals surface area contributed by atoms with E-state index in [2.05, 4.69) is 5.32 Å². The molecule has 1 atom stereocenters. The fraction of sp³-hybridized carbons (Fsp3) is 0.652. The van der Waals surface area contributed by atoms with Gasteiger partial charge >= 0.3 is 0 Å². The van der Waals surface area contributed by atoms with Gasteiger partial charge in [0.2, 0.25) is 21.8 Å². The predicted molar refractivity (Wildman–Crippen MR) is 122 cm³/mol. The summed E-state index contributed by atoms with van der Waals surface area (Å²) in [5.41, 5.74) is -1.58. The molecule has 1 aliphatic carbocycles. The maximum atomic E-state index is 14.7. The average Bonchev–Trinajstić information content (AvgIpc) is 2.70. The lowest BCUT2D eigenvalue weighted by Crippen LogP contribution is -2.71. The number of nitrogens with zero attached hydrogens (tertiary/aromatic N) is 2. The fourth-order valence-corrected chi connectivity index (χ4v) is 6.23. The third-order valence-corrected chi connectivity index (χ3v) is 8.39. The molecule has 1 unspecified atom stereocenters. The largest absolute Gasteiger partial charge is 0.351 e. The van der Waals surface area contributed by atoms with Gasteiger partial charge in [0, 0.05) is 12.6 Å². The number of sulfonamides is 1. The van der Waals surface area contributed by atoms with Crippen LogP contribution in [0.25, 0.3) is 0 Å². The zero-order valence-corrected chi connectivity index (χ0v) is 19.8. The van der Waals surface area contributed by atoms with Crippen LogP contribution < -0.4 is 10.2 Å². The van der Waals surface area contributed by atoms with E-state index >= 15 is 0 Å². The number of nitrogens with one attached hydrogen (secondary N) is 1. The molecule has 2 aliphatic rings. The van der Waals surface area contributed by atoms with Gasteiger partial charge in [-0.25, -0.2) is 12.8 Å². The quantitative estimate of drug-likeness (QED) is 0.696. The second-order valence-electron chi connectivity index (χ2n) is 9.05. The minimum Gasteiger partial charge on any atom is -0.351 e. The molecule has 9 heteroatoms. The number of hydrogen-bond donors (Lipinski definition) is 1. The van der Waals surface area contributed by atoms with E-state index in [-0.39, 0.29) is 24.0 Å². The molecular weight excluding hydrogens is 433 g/mol. The second kappa shape index (κ2) is 10.3. The summed E-state index contributed by atoms with van der Waals surface area (Å²) >= 11 is 0. The van der Waals surface area contributed by atoms with E-state index in [0.717, 1.165) is 47.7 Å². The van der Waals surface area contributed by atoms with Crippen LogP contribution in [0.1, 0.15) is 65.2 Å². The highest BCUT2D eigenvalue weighted by atomic mass is 32.2. The molecule has 1 aliphatic heterocycles. The summed E-state index contributed by atoms with van der Waals surface area (Å²) in [6.07, 6.45) is 7.52. The summed E-state index contributed by atoms with van der Waals surface area (Å²) in [6, 6.07) is 5.75. The van der Waals surface area contributed by atoms with Gasteiger partial charge in [-0.3, -0.25) is 14.5 Å². The van der Waals surface area contributed by atoms with Gasteiger partial charge in [-0.15, -0.1) is 0 Å². The smallest absolute Gasteiger partial charge is 0.247 e. The van der Waals surface area contributed by atoms with Crippen molar-refractivity contribution in [2.75, 3.05) is 23.7 Å². The number of anilines is 1. The third kappa shape index (κ3) is 5.31. The average molecular weight is 468 g/mol. The summed E-state index contributed by atoms with van der Waals surface area (Å²) in [5.74, 6) is -1.80. The molecule has 32 heavy (non-hydrogen) atoms. The van der Waals surface area contributed by atoms with Crippen molar-refractivity contribution in [2.24, 2.45) is 0 Å². The van der Waals surface area contributed by atoms with Gasteiger partial charge in [0.25, 0.3) is 0 Å². The molecule has 1 heterocycles. The number of carbonyl (C=O) groups is 2. The highest BCUT2D eigenvalue weighted by Gasteiger charge is 2.51. The van der Waals surface area contributed by atoms with Crippen LogP contribution in [0.4, 0.5) is 10.1 Å². The van der Waals surface area contributed by atoms with Crippen molar-refractivity contribution in [1.82, 2.24) is 9.62 Å². The molecule has 0 aromatic heterocycles. The first-order valence-corrected chi connectivity index (χ1v) is 13.2. The second-order valence-corrected chi connectivity index (χ2v) is 11.1. The van der Waals surface area contributed by atoms with Crippen LogP contribution in [-0.2, 0) is 19.6 Å². The van der Waals surface area contributed by atoms with Crippen molar-refractivity contribution in [3.8, 4) is 0 Å². The van der Waals surface area contributed by atoms with Crippen molar-refractivity contribution >= 4 is 27.5 Å². The molecule has 7 nitrogen and oxygen atoms in total. The summed E-state index contributed by atoms with van der Waals surface area (Å²) < 4.78 is 41.3. The van der Waals surface area contributed by atoms with Crippen LogP contribution in [0, 0.1) is 5.82 Å². The van der Waals surface area contributed by atoms with E-state index in [1.807, 2.05) is 0 Å². The highest BCUT2D eigenvalue weighted by Crippen LogP contribution is 2.33. The number of hydrogen-bond acceptors (Lipinski definition) is 4. The molecule has 1 aromatic rings. The number of rotatable bonds is 6. The zero-order valence-electron chi connectivity index (χ0n) is 19.0. The van der Waals surface area contributed by atoms with Crippen LogP contribution >= 0.6 is 0 Å². The van der Waals surface area contributed by atoms with E-state index in [9.17, 15) is 22.4 Å². The molecular formula is C23H34FN3O4S. The number of benzene rings is 1. The molecule has 3 rings (SSSR count). The monoisotopic (exact) mass is 467 g/mol. The van der Waals surface area contributed by atoms with Crippen LogP contribution in [0.3, 0.4) is 0 Å². The SMILES string of the molecule is CCCS(=O)(=O)N1CC(=O)N(c2ccccc2F)C(C)(C(=O)NC2CCCCCCC2)C1. The first-order chi connectivity index (χ1) is 15.2. The molecule has 178 valence electrons. The van der Waals surface area contributed by atoms with Crippen molar-refractivity contribution in [3.05, 3.63) is 30.1 Å². The Bertz CT molecular complexity index is 931. The summed E-state index contributed by atoms with van der Waals surface area (Å²) in [6.45, 7) is 2.65. The van der Waals surface area contributed by atoms with Crippen molar-refractivity contribution < 1.29 is 22.4 Å². The van der Waals surface area contributed by atoms with E-state index < -0.39 is 39.7 Å². The van der Waals surface area contributed by atoms with Crippen molar-refractivity contribution in [2.45, 2.75) is 76.8 Å². The Kier molecular flexibility index (Phi) is 7.92. The third-order valence-electron chi connectivity index (χ3n) is 6.42. The first-order valence-electron chi connectivity index (χ1n) is 11.6. The van der Waals surface area contributed by atoms with Gasteiger partial charge in [0.05, 0.1) is 18.0 Å². The number of para-hydroxylation sites is 1. The zero-order chi connectivity index (χ0) is 23.4. The van der Waals surface area contributed by atoms with E-state index in [1.54, 1.807) is 13.0 Å². The predicted octanol–water partition coefficient (Wildman–Crippen LogP) is 3.20. The Balaban J connectivity index is 1.96. The van der Waals surface area contributed by atoms with Gasteiger partial charge in [-0.1, -0.05) is 51.2 Å². The molecule has 1 N–H and O–H groups in total. The summed E-state index contributed by atoms with van der Waals surface area (Å²) in [7, 11) is -3.72. The maximum Gasteiger partial charge on any atom is 0.247 e. The van der Waals surface area contributed by atoms with Crippen LogP contribution in [0.2, 0.25) is 0 Å². The normalized spacial score (nSPS) is 24.1. The Morgan fingerprint density at radius 1 is 1.16 bits per heavy atom. The minimum absolute atomic E-state index is 0.0136. The van der Waals surface area contributed by atoms with Gasteiger partial charge in [-0.2, -0.15) is 4.31 Å². The van der Waals surface area contributed by atoms with Crippen LogP contribution in [-0.4, -0.2) is 55.0 Å². The lowest BCUT2D eigenvalue weighted by Gasteiger charge is -2.47. The Labute approximate surface area is 190 Å². The number of piperazine rings is 1. The number of carbonyl (C=O) groups excluding carboxylic acids is 2. The molecule has 0 spiro atoms. The lowest BCUT2D eigenvalue weighted by atomic mass is 9.92. The van der Waals surface area contributed by atoms with Gasteiger partial charge in [-0.05, 0) is 38.3 Å². The molecule has 2 amide bonds. The maximum absolute atomic E-state index is 14.7. The van der Waals surface area contributed by atoms with Crippen molar-refractivity contribution in [3.63, 3.8) is 0 Å². The van der Waals surface area contributed by atoms with E-state index in [4.69, 9.17) is 0 Å². The van der Waals surface area contributed by atoms with Crippen molar-refractivity contribution in [1.29, 1.82) is 0 Å². The Morgan fingerprint density at radius 2 is 1.78 bits per heavy atom. The topological polar surface area (TPSA) is 86.8 Å². The molecule has 0 radical (unpaired) electrons. The van der Waals surface area contributed by atoms with Gasteiger partial charge < -0.3 is 5.32 Å².